The van der Waals surface area contributed by atoms with Gasteiger partial charge in [0, 0.05) is 19.3 Å². The fourth-order valence-corrected chi connectivity index (χ4v) is 5.41. The van der Waals surface area contributed by atoms with E-state index in [1.54, 1.807) is 0 Å². The summed E-state index contributed by atoms with van der Waals surface area (Å²) in [4.78, 5) is 49.2. The number of rotatable bonds is 30. The van der Waals surface area contributed by atoms with Crippen molar-refractivity contribution >= 4 is 25.2 Å². The highest BCUT2D eigenvalue weighted by atomic mass is 31.2. The number of hydrogen-bond acceptors (Lipinski definition) is 9. The molecule has 0 rings (SSSR count). The molecular weight excluding hydrogens is 561 g/mol. The molecule has 2 unspecified atom stereocenters. The number of aliphatic hydroxyl groups is 2. The van der Waals surface area contributed by atoms with Gasteiger partial charge in [0.15, 0.2) is 6.10 Å². The molecule has 0 aromatic rings. The maximum Gasteiger partial charge on any atom is 0.268 e. The van der Waals surface area contributed by atoms with Gasteiger partial charge >= 0.3 is 0 Å². The standard InChI is InChI=1S/C31H60NO9P/c1-5-6-7-8-9-10-11-12-13-14-15-16-17-18-19-21-27(34)22-20-23-28(35)30(37)31(29(36)26-33)41-42(38,39)40-25-24-32(2,3)4/h29,31,33,36H,5-26H2,1-4H3/t29-,31?/m0/s1. The van der Waals surface area contributed by atoms with Crippen LogP contribution in [0.5, 0.6) is 0 Å². The number of aliphatic hydroxyl groups excluding tert-OH is 2. The third-order valence-corrected chi connectivity index (χ3v) is 8.23. The topological polar surface area (TPSA) is 150 Å². The van der Waals surface area contributed by atoms with Gasteiger partial charge in [-0.15, -0.1) is 0 Å². The lowest BCUT2D eigenvalue weighted by Gasteiger charge is -2.30. The van der Waals surface area contributed by atoms with Gasteiger partial charge in [-0.3, -0.25) is 18.9 Å². The van der Waals surface area contributed by atoms with Gasteiger partial charge in [0.2, 0.25) is 11.6 Å². The van der Waals surface area contributed by atoms with Gasteiger partial charge in [-0.05, 0) is 12.8 Å². The number of hydrogen-bond donors (Lipinski definition) is 2. The first-order chi connectivity index (χ1) is 19.8. The van der Waals surface area contributed by atoms with Crippen LogP contribution in [0.15, 0.2) is 0 Å². The van der Waals surface area contributed by atoms with Crippen molar-refractivity contribution in [3.8, 4) is 0 Å². The van der Waals surface area contributed by atoms with Crippen molar-refractivity contribution in [2.45, 2.75) is 141 Å². The molecule has 0 aromatic heterocycles. The number of likely N-dealkylation sites (N-methyl/N-ethyl adjacent to an activating group) is 1. The number of phosphoric acid groups is 1. The Hall–Kier alpha value is -1.00. The summed E-state index contributed by atoms with van der Waals surface area (Å²) in [5.74, 6) is -2.24. The Morgan fingerprint density at radius 3 is 1.67 bits per heavy atom. The molecule has 0 fully saturated rings. The molecule has 2 N–H and O–H groups in total. The van der Waals surface area contributed by atoms with Crippen LogP contribution in [0.25, 0.3) is 0 Å². The van der Waals surface area contributed by atoms with Crippen LogP contribution in [-0.4, -0.2) is 85.2 Å². The monoisotopic (exact) mass is 621 g/mol. The largest absolute Gasteiger partial charge is 0.756 e. The zero-order valence-electron chi connectivity index (χ0n) is 26.9. The Labute approximate surface area is 254 Å². The molecule has 0 bridgehead atoms. The van der Waals surface area contributed by atoms with Crippen LogP contribution in [0.3, 0.4) is 0 Å². The maximum atomic E-state index is 12.5. The van der Waals surface area contributed by atoms with Gasteiger partial charge in [0.25, 0.3) is 7.82 Å². The molecule has 0 aliphatic rings. The Kier molecular flexibility index (Phi) is 23.8. The van der Waals surface area contributed by atoms with Crippen LogP contribution in [0.1, 0.15) is 129 Å². The normalized spacial score (nSPS) is 14.8. The number of unbranched alkanes of at least 4 members (excludes halogenated alkanes) is 14. The van der Waals surface area contributed by atoms with Crippen molar-refractivity contribution in [3.63, 3.8) is 0 Å². The van der Waals surface area contributed by atoms with E-state index in [0.717, 1.165) is 19.3 Å². The number of nitrogens with zero attached hydrogens (tertiary/aromatic N) is 1. The zero-order chi connectivity index (χ0) is 31.9. The Morgan fingerprint density at radius 1 is 0.762 bits per heavy atom. The molecule has 0 saturated carbocycles. The lowest BCUT2D eigenvalue weighted by molar-refractivity contribution is -0.870. The summed E-state index contributed by atoms with van der Waals surface area (Å²) in [7, 11) is 0.445. The quantitative estimate of drug-likeness (QED) is 0.0486. The number of phosphoric ester groups is 1. The zero-order valence-corrected chi connectivity index (χ0v) is 27.8. The second-order valence-electron chi connectivity index (χ2n) is 12.4. The fraction of sp³-hybridized carbons (Fsp3) is 0.903. The molecule has 0 radical (unpaired) electrons. The second-order valence-corrected chi connectivity index (χ2v) is 13.8. The molecule has 42 heavy (non-hydrogen) atoms. The summed E-state index contributed by atoms with van der Waals surface area (Å²) in [6, 6.07) is 0. The number of Topliss-reactive ketones (excluding diaryl/α,β-unsaturated/α-hetero) is 3. The van der Waals surface area contributed by atoms with Crippen molar-refractivity contribution in [1.82, 2.24) is 0 Å². The number of quaternary nitrogens is 1. The molecule has 0 heterocycles. The Bertz CT molecular complexity index is 785. The summed E-state index contributed by atoms with van der Waals surface area (Å²) in [5.41, 5.74) is 0. The van der Waals surface area contributed by atoms with E-state index in [1.165, 1.54) is 77.0 Å². The Morgan fingerprint density at radius 2 is 1.21 bits per heavy atom. The fourth-order valence-electron chi connectivity index (χ4n) is 4.53. The average Bonchev–Trinajstić information content (AvgIpc) is 2.92. The average molecular weight is 622 g/mol. The molecule has 10 nitrogen and oxygen atoms in total. The number of carbonyl (C=O) groups is 3. The van der Waals surface area contributed by atoms with E-state index in [-0.39, 0.29) is 31.7 Å². The summed E-state index contributed by atoms with van der Waals surface area (Å²) >= 11 is 0. The van der Waals surface area contributed by atoms with Crippen molar-refractivity contribution in [2.75, 3.05) is 40.9 Å². The molecule has 0 aliphatic heterocycles. The van der Waals surface area contributed by atoms with Crippen molar-refractivity contribution in [2.24, 2.45) is 0 Å². The third kappa shape index (κ3) is 23.5. The Balaban J connectivity index is 4.09. The SMILES string of the molecule is CCCCCCCCCCCCCCCCCC(=O)CCCC(=O)C(=O)C(OP(=O)([O-])OCC[N+](C)(C)C)[C@@H](O)CO. The first kappa shape index (κ1) is 41.0. The summed E-state index contributed by atoms with van der Waals surface area (Å²) in [6.45, 7) is 1.36. The predicted octanol–water partition coefficient (Wildman–Crippen LogP) is 5.06. The van der Waals surface area contributed by atoms with Crippen LogP contribution < -0.4 is 4.89 Å². The maximum absolute atomic E-state index is 12.5. The van der Waals surface area contributed by atoms with E-state index >= 15 is 0 Å². The van der Waals surface area contributed by atoms with E-state index in [4.69, 9.17) is 4.52 Å². The van der Waals surface area contributed by atoms with Crippen molar-refractivity contribution < 1.29 is 47.6 Å². The minimum absolute atomic E-state index is 0.0165. The predicted molar refractivity (Wildman–Crippen MR) is 163 cm³/mol. The van der Waals surface area contributed by atoms with E-state index in [1.807, 2.05) is 21.1 Å². The third-order valence-electron chi connectivity index (χ3n) is 7.24. The van der Waals surface area contributed by atoms with Gasteiger partial charge in [-0.1, -0.05) is 96.8 Å². The molecule has 0 amide bonds. The first-order valence-corrected chi connectivity index (χ1v) is 17.6. The minimum Gasteiger partial charge on any atom is -0.756 e. The molecule has 0 aromatic carbocycles. The second kappa shape index (κ2) is 24.3. The van der Waals surface area contributed by atoms with E-state index in [2.05, 4.69) is 11.4 Å². The van der Waals surface area contributed by atoms with Crippen molar-refractivity contribution in [1.29, 1.82) is 0 Å². The molecule has 248 valence electrons. The molecule has 3 atom stereocenters. The van der Waals surface area contributed by atoms with E-state index in [9.17, 15) is 34.1 Å². The molecular formula is C31H60NO9P. The summed E-state index contributed by atoms with van der Waals surface area (Å²) in [5, 5.41) is 19.1. The van der Waals surface area contributed by atoms with Gasteiger partial charge < -0.3 is 28.6 Å². The van der Waals surface area contributed by atoms with E-state index < -0.39 is 38.2 Å². The number of carbonyl (C=O) groups excluding carboxylic acids is 3. The van der Waals surface area contributed by atoms with Crippen LogP contribution in [0.2, 0.25) is 0 Å². The highest BCUT2D eigenvalue weighted by Crippen LogP contribution is 2.40. The van der Waals surface area contributed by atoms with Gasteiger partial charge in [0.05, 0.1) is 27.7 Å². The first-order valence-electron chi connectivity index (χ1n) is 16.1. The highest BCUT2D eigenvalue weighted by Gasteiger charge is 2.35. The smallest absolute Gasteiger partial charge is 0.268 e. The van der Waals surface area contributed by atoms with E-state index in [0.29, 0.717) is 17.4 Å². The van der Waals surface area contributed by atoms with Crippen LogP contribution in [0.4, 0.5) is 0 Å². The molecule has 0 aliphatic carbocycles. The molecule has 0 saturated heterocycles. The minimum atomic E-state index is -5.03. The van der Waals surface area contributed by atoms with Gasteiger partial charge in [-0.2, -0.15) is 0 Å². The lowest BCUT2D eigenvalue weighted by Crippen LogP contribution is -2.43. The summed E-state index contributed by atoms with van der Waals surface area (Å²) in [6.07, 6.45) is 15.1. The van der Waals surface area contributed by atoms with Crippen LogP contribution >= 0.6 is 7.82 Å². The van der Waals surface area contributed by atoms with Crippen LogP contribution in [0, 0.1) is 0 Å². The molecule has 11 heteroatoms. The van der Waals surface area contributed by atoms with Gasteiger partial charge in [-0.25, -0.2) is 0 Å². The molecule has 0 spiro atoms. The van der Waals surface area contributed by atoms with Gasteiger partial charge in [0.1, 0.15) is 25.0 Å². The van der Waals surface area contributed by atoms with Crippen LogP contribution in [-0.2, 0) is 28.0 Å². The highest BCUT2D eigenvalue weighted by molar-refractivity contribution is 7.45. The lowest BCUT2D eigenvalue weighted by atomic mass is 10.00. The van der Waals surface area contributed by atoms with Crippen molar-refractivity contribution in [3.05, 3.63) is 0 Å². The summed E-state index contributed by atoms with van der Waals surface area (Å²) < 4.78 is 22.0. The number of ketones is 3.